The van der Waals surface area contributed by atoms with Crippen molar-refractivity contribution in [2.24, 2.45) is 0 Å². The lowest BCUT2D eigenvalue weighted by atomic mass is 10.2. The number of anilines is 1. The van der Waals surface area contributed by atoms with Gasteiger partial charge in [-0.3, -0.25) is 4.79 Å². The van der Waals surface area contributed by atoms with Crippen LogP contribution in [0.5, 0.6) is 0 Å². The van der Waals surface area contributed by atoms with Crippen LogP contribution in [0, 0.1) is 6.92 Å². The van der Waals surface area contributed by atoms with Crippen molar-refractivity contribution in [3.63, 3.8) is 0 Å². The highest BCUT2D eigenvalue weighted by molar-refractivity contribution is 7.98. The van der Waals surface area contributed by atoms with Crippen molar-refractivity contribution in [2.75, 3.05) is 11.9 Å². The number of hydrogen-bond acceptors (Lipinski definition) is 8. The minimum absolute atomic E-state index is 0.0667. The van der Waals surface area contributed by atoms with Crippen molar-refractivity contribution in [1.82, 2.24) is 25.2 Å². The van der Waals surface area contributed by atoms with Gasteiger partial charge < -0.3 is 10.1 Å². The van der Waals surface area contributed by atoms with E-state index >= 15 is 0 Å². The van der Waals surface area contributed by atoms with Crippen LogP contribution in [-0.2, 0) is 28.2 Å². The van der Waals surface area contributed by atoms with Crippen LogP contribution >= 0.6 is 23.1 Å². The van der Waals surface area contributed by atoms with Gasteiger partial charge >= 0.3 is 0 Å². The Morgan fingerprint density at radius 1 is 1.38 bits per heavy atom. The van der Waals surface area contributed by atoms with Gasteiger partial charge in [0.15, 0.2) is 0 Å². The van der Waals surface area contributed by atoms with E-state index in [2.05, 4.69) is 25.8 Å². The predicted octanol–water partition coefficient (Wildman–Crippen LogP) is 3.09. The summed E-state index contributed by atoms with van der Waals surface area (Å²) in [6, 6.07) is 7.75. The lowest BCUT2D eigenvalue weighted by Gasteiger charge is -2.09. The van der Waals surface area contributed by atoms with Gasteiger partial charge in [0.2, 0.25) is 11.1 Å². The first-order valence-electron chi connectivity index (χ1n) is 9.46. The number of thioether (sulfide) groups is 1. The highest BCUT2D eigenvalue weighted by Crippen LogP contribution is 2.23. The first kappa shape index (κ1) is 20.0. The normalized spacial score (nSPS) is 16.2. The Bertz CT molecular complexity index is 950. The smallest absolute Gasteiger partial charge is 0.231 e. The third kappa shape index (κ3) is 5.62. The zero-order valence-corrected chi connectivity index (χ0v) is 17.7. The SMILES string of the molecule is Cc1ccc(NC(=O)Cc2nc(CSc3nnnn3C[C@H]3CCCO3)cs2)cc1. The number of rotatable bonds is 8. The number of amides is 1. The van der Waals surface area contributed by atoms with E-state index in [9.17, 15) is 4.79 Å². The van der Waals surface area contributed by atoms with Crippen LogP contribution in [0.3, 0.4) is 0 Å². The topological polar surface area (TPSA) is 94.8 Å². The van der Waals surface area contributed by atoms with Gasteiger partial charge in [-0.1, -0.05) is 29.5 Å². The van der Waals surface area contributed by atoms with E-state index < -0.39 is 0 Å². The molecule has 1 atom stereocenters. The van der Waals surface area contributed by atoms with E-state index in [1.165, 1.54) is 11.3 Å². The molecule has 3 heterocycles. The van der Waals surface area contributed by atoms with Crippen LogP contribution in [0.25, 0.3) is 0 Å². The van der Waals surface area contributed by atoms with Gasteiger partial charge in [-0.05, 0) is 42.3 Å². The number of aryl methyl sites for hydroxylation is 1. The maximum Gasteiger partial charge on any atom is 0.231 e. The molecule has 1 N–H and O–H groups in total. The fraction of sp³-hybridized carbons (Fsp3) is 0.421. The predicted molar refractivity (Wildman–Crippen MR) is 112 cm³/mol. The number of ether oxygens (including phenoxy) is 1. The van der Waals surface area contributed by atoms with Crippen molar-refractivity contribution < 1.29 is 9.53 Å². The number of nitrogens with zero attached hydrogens (tertiary/aromatic N) is 5. The summed E-state index contributed by atoms with van der Waals surface area (Å²) in [4.78, 5) is 16.8. The molecule has 0 radical (unpaired) electrons. The molecule has 29 heavy (non-hydrogen) atoms. The molecule has 1 aromatic carbocycles. The molecule has 1 aliphatic heterocycles. The molecule has 10 heteroatoms. The highest BCUT2D eigenvalue weighted by Gasteiger charge is 2.19. The number of thiazole rings is 1. The minimum Gasteiger partial charge on any atom is -0.376 e. The summed E-state index contributed by atoms with van der Waals surface area (Å²) in [6.45, 7) is 3.51. The standard InChI is InChI=1S/C19H22N6O2S2/c1-13-4-6-14(7-5-13)20-17(26)9-18-21-15(11-28-18)12-29-19-22-23-24-25(19)10-16-3-2-8-27-16/h4-7,11,16H,2-3,8-10,12H2,1H3,(H,20,26)/t16-/m1/s1. The number of aromatic nitrogens is 5. The second-order valence-corrected chi connectivity index (χ2v) is 8.78. The maximum absolute atomic E-state index is 12.2. The number of benzene rings is 1. The molecular formula is C19H22N6O2S2. The lowest BCUT2D eigenvalue weighted by Crippen LogP contribution is -2.16. The number of tetrazole rings is 1. The first-order chi connectivity index (χ1) is 14.2. The van der Waals surface area contributed by atoms with Gasteiger partial charge in [0.05, 0.1) is 24.8 Å². The van der Waals surface area contributed by atoms with Crippen LogP contribution in [-0.4, -0.2) is 43.8 Å². The van der Waals surface area contributed by atoms with E-state index in [0.29, 0.717) is 12.3 Å². The fourth-order valence-electron chi connectivity index (χ4n) is 3.01. The molecule has 1 aliphatic rings. The lowest BCUT2D eigenvalue weighted by molar-refractivity contribution is -0.115. The molecule has 0 aliphatic carbocycles. The Morgan fingerprint density at radius 2 is 2.24 bits per heavy atom. The van der Waals surface area contributed by atoms with Gasteiger partial charge in [0, 0.05) is 23.4 Å². The molecule has 8 nitrogen and oxygen atoms in total. The molecule has 152 valence electrons. The van der Waals surface area contributed by atoms with Crippen molar-refractivity contribution in [2.45, 2.75) is 49.7 Å². The van der Waals surface area contributed by atoms with Crippen LogP contribution in [0.1, 0.15) is 29.1 Å². The number of carbonyl (C=O) groups excluding carboxylic acids is 1. The monoisotopic (exact) mass is 430 g/mol. The summed E-state index contributed by atoms with van der Waals surface area (Å²) in [5.41, 5.74) is 2.88. The Hall–Kier alpha value is -2.30. The summed E-state index contributed by atoms with van der Waals surface area (Å²) in [5.74, 6) is 0.588. The molecule has 0 saturated carbocycles. The first-order valence-corrected chi connectivity index (χ1v) is 11.3. The molecule has 0 bridgehead atoms. The number of hydrogen-bond donors (Lipinski definition) is 1. The molecular weight excluding hydrogens is 408 g/mol. The molecule has 1 saturated heterocycles. The van der Waals surface area contributed by atoms with Gasteiger partial charge in [0.25, 0.3) is 0 Å². The molecule has 0 spiro atoms. The average Bonchev–Trinajstić information content (AvgIpc) is 3.45. The summed E-state index contributed by atoms with van der Waals surface area (Å²) in [7, 11) is 0. The second kappa shape index (κ2) is 9.47. The average molecular weight is 431 g/mol. The largest absolute Gasteiger partial charge is 0.376 e. The van der Waals surface area contributed by atoms with E-state index in [0.717, 1.165) is 46.6 Å². The molecule has 4 rings (SSSR count). The van der Waals surface area contributed by atoms with Gasteiger partial charge in [0.1, 0.15) is 5.01 Å². The van der Waals surface area contributed by atoms with Gasteiger partial charge in [-0.25, -0.2) is 9.67 Å². The van der Waals surface area contributed by atoms with Crippen LogP contribution in [0.4, 0.5) is 5.69 Å². The van der Waals surface area contributed by atoms with Gasteiger partial charge in [-0.15, -0.1) is 16.4 Å². The maximum atomic E-state index is 12.2. The van der Waals surface area contributed by atoms with Crippen molar-refractivity contribution in [3.8, 4) is 0 Å². The summed E-state index contributed by atoms with van der Waals surface area (Å²) < 4.78 is 7.45. The Kier molecular flexibility index (Phi) is 6.53. The molecule has 3 aromatic rings. The second-order valence-electron chi connectivity index (χ2n) is 6.89. The molecule has 1 amide bonds. The number of carbonyl (C=O) groups is 1. The Morgan fingerprint density at radius 3 is 3.03 bits per heavy atom. The Balaban J connectivity index is 1.28. The van der Waals surface area contributed by atoms with Crippen molar-refractivity contribution in [1.29, 1.82) is 0 Å². The van der Waals surface area contributed by atoms with Crippen LogP contribution in [0.15, 0.2) is 34.8 Å². The fourth-order valence-corrected chi connectivity index (χ4v) is 4.69. The van der Waals surface area contributed by atoms with Crippen LogP contribution in [0.2, 0.25) is 0 Å². The number of nitrogens with one attached hydrogen (secondary N) is 1. The van der Waals surface area contributed by atoms with Crippen LogP contribution < -0.4 is 5.32 Å². The quantitative estimate of drug-likeness (QED) is 0.549. The Labute approximate surface area is 177 Å². The molecule has 2 aromatic heterocycles. The van der Waals surface area contributed by atoms with Crippen molar-refractivity contribution in [3.05, 3.63) is 45.9 Å². The summed E-state index contributed by atoms with van der Waals surface area (Å²) >= 11 is 3.04. The van der Waals surface area contributed by atoms with Crippen molar-refractivity contribution >= 4 is 34.7 Å². The van der Waals surface area contributed by atoms with E-state index in [1.54, 1.807) is 16.4 Å². The van der Waals surface area contributed by atoms with Gasteiger partial charge in [-0.2, -0.15) is 0 Å². The van der Waals surface area contributed by atoms with E-state index in [1.807, 2.05) is 36.6 Å². The van der Waals surface area contributed by atoms with E-state index in [-0.39, 0.29) is 18.4 Å². The zero-order valence-electron chi connectivity index (χ0n) is 16.1. The third-order valence-electron chi connectivity index (χ3n) is 4.50. The zero-order chi connectivity index (χ0) is 20.1. The highest BCUT2D eigenvalue weighted by atomic mass is 32.2. The summed E-state index contributed by atoms with van der Waals surface area (Å²) in [5, 5.41) is 18.4. The van der Waals surface area contributed by atoms with E-state index in [4.69, 9.17) is 4.74 Å². The molecule has 0 unspecified atom stereocenters. The minimum atomic E-state index is -0.0667. The summed E-state index contributed by atoms with van der Waals surface area (Å²) in [6.07, 6.45) is 2.59. The third-order valence-corrected chi connectivity index (χ3v) is 6.38. The molecule has 1 fully saturated rings.